The van der Waals surface area contributed by atoms with Crippen molar-refractivity contribution in [3.63, 3.8) is 0 Å². The van der Waals surface area contributed by atoms with Crippen LogP contribution in [0.25, 0.3) is 11.0 Å². The van der Waals surface area contributed by atoms with Gasteiger partial charge in [-0.15, -0.1) is 0 Å². The molecule has 2 aromatic carbocycles. The maximum Gasteiger partial charge on any atom is 0.163 e. The molecule has 0 saturated heterocycles. The summed E-state index contributed by atoms with van der Waals surface area (Å²) in [6, 6.07) is 15.1. The van der Waals surface area contributed by atoms with E-state index in [-0.39, 0.29) is 12.4 Å². The number of hydrogen-bond acceptors (Lipinski definition) is 4. The monoisotopic (exact) mass is 350 g/mol. The largest absolute Gasteiger partial charge is 0.490 e. The molecule has 3 aromatic rings. The van der Waals surface area contributed by atoms with E-state index in [0.717, 1.165) is 29.7 Å². The third-order valence-corrected chi connectivity index (χ3v) is 4.72. The Morgan fingerprint density at radius 3 is 2.73 bits per heavy atom. The van der Waals surface area contributed by atoms with Crippen molar-refractivity contribution in [1.82, 2.24) is 9.55 Å². The van der Waals surface area contributed by atoms with Gasteiger partial charge in [0.05, 0.1) is 23.1 Å². The van der Waals surface area contributed by atoms with E-state index in [2.05, 4.69) is 4.57 Å². The first-order chi connectivity index (χ1) is 12.6. The van der Waals surface area contributed by atoms with E-state index in [9.17, 15) is 9.90 Å². The minimum atomic E-state index is -0.690. The Hall–Kier alpha value is -2.66. The lowest BCUT2D eigenvalue weighted by Gasteiger charge is -2.16. The number of carbonyl (C=O) groups excluding carboxylic acids is 1. The van der Waals surface area contributed by atoms with Gasteiger partial charge < -0.3 is 14.4 Å². The van der Waals surface area contributed by atoms with E-state index in [1.807, 2.05) is 30.3 Å². The average molecular weight is 350 g/mol. The smallest absolute Gasteiger partial charge is 0.163 e. The van der Waals surface area contributed by atoms with Crippen LogP contribution in [0.5, 0.6) is 5.75 Å². The van der Waals surface area contributed by atoms with Gasteiger partial charge in [-0.3, -0.25) is 4.79 Å². The number of aliphatic hydroxyl groups is 1. The van der Waals surface area contributed by atoms with Gasteiger partial charge in [0, 0.05) is 5.92 Å². The first kappa shape index (κ1) is 16.8. The molecule has 1 unspecified atom stereocenters. The van der Waals surface area contributed by atoms with Gasteiger partial charge in [0.25, 0.3) is 0 Å². The fraction of sp³-hybridized carbons (Fsp3) is 0.333. The van der Waals surface area contributed by atoms with E-state index in [1.54, 1.807) is 18.2 Å². The molecule has 0 amide bonds. The van der Waals surface area contributed by atoms with Crippen molar-refractivity contribution >= 4 is 16.8 Å². The van der Waals surface area contributed by atoms with E-state index in [1.165, 1.54) is 6.92 Å². The molecule has 0 spiro atoms. The molecule has 134 valence electrons. The molecule has 26 heavy (non-hydrogen) atoms. The van der Waals surface area contributed by atoms with Crippen molar-refractivity contribution in [1.29, 1.82) is 0 Å². The van der Waals surface area contributed by atoms with Crippen LogP contribution >= 0.6 is 0 Å². The lowest BCUT2D eigenvalue weighted by atomic mass is 10.1. The topological polar surface area (TPSA) is 64.3 Å². The van der Waals surface area contributed by atoms with Crippen molar-refractivity contribution < 1.29 is 14.6 Å². The first-order valence-electron chi connectivity index (χ1n) is 8.99. The number of ketones is 1. The Bertz CT molecular complexity index is 943. The van der Waals surface area contributed by atoms with Crippen LogP contribution in [0, 0.1) is 0 Å². The standard InChI is InChI=1S/C21H22N2O3/c1-14(24)17-6-2-5-9-20(17)26-13-16(25)12-23-19-8-4-3-7-18(19)22-21(23)15-10-11-15/h2-9,15-16,25H,10-13H2,1H3. The second-order valence-electron chi connectivity index (χ2n) is 6.86. The van der Waals surface area contributed by atoms with Crippen molar-refractivity contribution in [2.75, 3.05) is 6.61 Å². The molecule has 0 radical (unpaired) electrons. The highest BCUT2D eigenvalue weighted by molar-refractivity contribution is 5.96. The number of carbonyl (C=O) groups is 1. The zero-order valence-corrected chi connectivity index (χ0v) is 14.8. The van der Waals surface area contributed by atoms with Crippen LogP contribution in [-0.2, 0) is 6.54 Å². The molecular formula is C21H22N2O3. The SMILES string of the molecule is CC(=O)c1ccccc1OCC(O)Cn1c(C2CC2)nc2ccccc21. The highest BCUT2D eigenvalue weighted by Gasteiger charge is 2.30. The molecule has 4 rings (SSSR count). The predicted molar refractivity (Wildman–Crippen MR) is 99.7 cm³/mol. The van der Waals surface area contributed by atoms with Gasteiger partial charge in [-0.25, -0.2) is 4.98 Å². The molecule has 5 nitrogen and oxygen atoms in total. The van der Waals surface area contributed by atoms with Crippen LogP contribution in [0.15, 0.2) is 48.5 Å². The molecule has 1 fully saturated rings. The molecule has 1 aliphatic carbocycles. The van der Waals surface area contributed by atoms with E-state index >= 15 is 0 Å². The number of ether oxygens (including phenoxy) is 1. The maximum absolute atomic E-state index is 11.7. The zero-order chi connectivity index (χ0) is 18.1. The number of imidazole rings is 1. The minimum absolute atomic E-state index is 0.0493. The van der Waals surface area contributed by atoms with E-state index < -0.39 is 6.10 Å². The van der Waals surface area contributed by atoms with Gasteiger partial charge in [-0.1, -0.05) is 24.3 Å². The first-order valence-corrected chi connectivity index (χ1v) is 8.99. The van der Waals surface area contributed by atoms with Crippen molar-refractivity contribution in [3.8, 4) is 5.75 Å². The highest BCUT2D eigenvalue weighted by Crippen LogP contribution is 2.40. The van der Waals surface area contributed by atoms with E-state index in [4.69, 9.17) is 9.72 Å². The number of nitrogens with zero attached hydrogens (tertiary/aromatic N) is 2. The fourth-order valence-corrected chi connectivity index (χ4v) is 3.27. The zero-order valence-electron chi connectivity index (χ0n) is 14.8. The number of hydrogen-bond donors (Lipinski definition) is 1. The lowest BCUT2D eigenvalue weighted by Crippen LogP contribution is -2.25. The summed E-state index contributed by atoms with van der Waals surface area (Å²) in [5.41, 5.74) is 2.54. The molecule has 1 heterocycles. The van der Waals surface area contributed by atoms with Crippen LogP contribution in [0.4, 0.5) is 0 Å². The predicted octanol–water partition coefficient (Wildman–Crippen LogP) is 3.56. The fourth-order valence-electron chi connectivity index (χ4n) is 3.27. The van der Waals surface area contributed by atoms with Gasteiger partial charge in [-0.2, -0.15) is 0 Å². The number of Topliss-reactive ketones (excluding diaryl/α,β-unsaturated/α-hetero) is 1. The van der Waals surface area contributed by atoms with Crippen LogP contribution in [-0.4, -0.2) is 33.2 Å². The average Bonchev–Trinajstić information content (AvgIpc) is 3.43. The summed E-state index contributed by atoms with van der Waals surface area (Å²) in [4.78, 5) is 16.4. The van der Waals surface area contributed by atoms with Gasteiger partial charge in [0.1, 0.15) is 24.3 Å². The summed E-state index contributed by atoms with van der Waals surface area (Å²) in [7, 11) is 0. The number of aromatic nitrogens is 2. The normalized spacial score (nSPS) is 15.2. The number of rotatable bonds is 7. The second kappa shape index (κ2) is 6.92. The van der Waals surface area contributed by atoms with Gasteiger partial charge in [0.15, 0.2) is 5.78 Å². The molecule has 1 saturated carbocycles. The molecule has 1 N–H and O–H groups in total. The molecule has 0 bridgehead atoms. The Balaban J connectivity index is 1.51. The summed E-state index contributed by atoms with van der Waals surface area (Å²) in [5, 5.41) is 10.5. The van der Waals surface area contributed by atoms with E-state index in [0.29, 0.717) is 23.8 Å². The van der Waals surface area contributed by atoms with Gasteiger partial charge >= 0.3 is 0 Å². The van der Waals surface area contributed by atoms with Crippen LogP contribution in [0.3, 0.4) is 0 Å². The third-order valence-electron chi connectivity index (χ3n) is 4.72. The number of fused-ring (bicyclic) bond motifs is 1. The lowest BCUT2D eigenvalue weighted by molar-refractivity contribution is 0.0898. The van der Waals surface area contributed by atoms with Crippen molar-refractivity contribution in [2.24, 2.45) is 0 Å². The Kier molecular flexibility index (Phi) is 4.47. The maximum atomic E-state index is 11.7. The minimum Gasteiger partial charge on any atom is -0.490 e. The summed E-state index contributed by atoms with van der Waals surface area (Å²) in [6.07, 6.45) is 1.62. The molecule has 1 atom stereocenters. The van der Waals surface area contributed by atoms with Gasteiger partial charge in [-0.05, 0) is 44.0 Å². The van der Waals surface area contributed by atoms with Crippen LogP contribution in [0.2, 0.25) is 0 Å². The van der Waals surface area contributed by atoms with Crippen LogP contribution < -0.4 is 4.74 Å². The van der Waals surface area contributed by atoms with Crippen LogP contribution in [0.1, 0.15) is 41.9 Å². The molecule has 1 aromatic heterocycles. The molecule has 0 aliphatic heterocycles. The summed E-state index contributed by atoms with van der Waals surface area (Å²) in [6.45, 7) is 2.06. The highest BCUT2D eigenvalue weighted by atomic mass is 16.5. The number of aliphatic hydroxyl groups excluding tert-OH is 1. The molecular weight excluding hydrogens is 328 g/mol. The van der Waals surface area contributed by atoms with Crippen molar-refractivity contribution in [3.05, 3.63) is 59.9 Å². The number of benzene rings is 2. The van der Waals surface area contributed by atoms with Gasteiger partial charge in [0.2, 0.25) is 0 Å². The third kappa shape index (κ3) is 3.35. The second-order valence-corrected chi connectivity index (χ2v) is 6.86. The Labute approximate surface area is 152 Å². The summed E-state index contributed by atoms with van der Waals surface area (Å²) in [5.74, 6) is 2.01. The Morgan fingerprint density at radius 2 is 1.96 bits per heavy atom. The number of para-hydroxylation sites is 3. The molecule has 5 heteroatoms. The van der Waals surface area contributed by atoms with Crippen molar-refractivity contribution in [2.45, 2.75) is 38.3 Å². The Morgan fingerprint density at radius 1 is 1.23 bits per heavy atom. The summed E-state index contributed by atoms with van der Waals surface area (Å²) >= 11 is 0. The quantitative estimate of drug-likeness (QED) is 0.662. The summed E-state index contributed by atoms with van der Waals surface area (Å²) < 4.78 is 7.84. The molecule has 1 aliphatic rings.